The molecule has 2 aromatic carbocycles. The molecule has 1 saturated heterocycles. The molecule has 9 heteroatoms. The Balaban J connectivity index is 1.47. The van der Waals surface area contributed by atoms with Crippen LogP contribution in [0.4, 0.5) is 5.69 Å². The molecule has 2 aromatic rings. The molecule has 6 rings (SSSR count). The number of imide groups is 1. The van der Waals surface area contributed by atoms with Crippen molar-refractivity contribution in [2.24, 2.45) is 17.8 Å². The highest BCUT2D eigenvalue weighted by molar-refractivity contribution is 6.58. The molecule has 39 heavy (non-hydrogen) atoms. The van der Waals surface area contributed by atoms with E-state index in [0.29, 0.717) is 28.7 Å². The second-order valence-corrected chi connectivity index (χ2v) is 10.8. The first-order valence-corrected chi connectivity index (χ1v) is 12.9. The lowest BCUT2D eigenvalue weighted by atomic mass is 9.59. The van der Waals surface area contributed by atoms with Crippen molar-refractivity contribution < 1.29 is 34.3 Å². The van der Waals surface area contributed by atoms with E-state index in [0.717, 1.165) is 16.0 Å². The molecule has 1 heterocycles. The van der Waals surface area contributed by atoms with Crippen LogP contribution in [0.3, 0.4) is 0 Å². The number of phenols is 1. The number of fused-ring (bicyclic) bond motifs is 3. The monoisotopic (exact) mass is 523 g/mol. The first kappa shape index (κ1) is 25.2. The molecule has 2 amide bonds. The quantitative estimate of drug-likeness (QED) is 0.243. The van der Waals surface area contributed by atoms with E-state index >= 15 is 0 Å². The molecule has 4 aliphatic rings. The molecule has 0 saturated carbocycles. The number of carbonyl (C=O) groups excluding carboxylic acids is 4. The average Bonchev–Trinajstić information content (AvgIpc) is 3.17. The highest BCUT2D eigenvalue weighted by atomic mass is 16.4. The van der Waals surface area contributed by atoms with E-state index in [2.05, 4.69) is 0 Å². The molecule has 3 aliphatic carbocycles. The minimum absolute atomic E-state index is 0.113. The summed E-state index contributed by atoms with van der Waals surface area (Å²) in [5, 5.41) is 29.4. The first-order chi connectivity index (χ1) is 18.6. The van der Waals surface area contributed by atoms with Gasteiger partial charge in [-0.3, -0.25) is 24.1 Å². The van der Waals surface area contributed by atoms with E-state index in [1.54, 1.807) is 44.2 Å². The van der Waals surface area contributed by atoms with Crippen LogP contribution in [0.2, 0.25) is 0 Å². The van der Waals surface area contributed by atoms with Crippen LogP contribution in [0.5, 0.6) is 5.75 Å². The molecule has 3 N–H and O–H groups in total. The number of carbonyl (C=O) groups is 4. The van der Waals surface area contributed by atoms with E-state index in [-0.39, 0.29) is 40.8 Å². The molecule has 196 valence electrons. The average molecular weight is 523 g/mol. The van der Waals surface area contributed by atoms with Gasteiger partial charge in [0.1, 0.15) is 5.75 Å². The van der Waals surface area contributed by atoms with Gasteiger partial charge in [-0.2, -0.15) is 0 Å². The molecule has 0 unspecified atom stereocenters. The van der Waals surface area contributed by atoms with Crippen LogP contribution in [0, 0.1) is 24.7 Å². The van der Waals surface area contributed by atoms with Crippen molar-refractivity contribution in [1.82, 2.24) is 0 Å². The largest absolute Gasteiger partial charge is 0.508 e. The third kappa shape index (κ3) is 3.76. The zero-order valence-electron chi connectivity index (χ0n) is 21.4. The van der Waals surface area contributed by atoms with Crippen molar-refractivity contribution in [1.29, 1.82) is 0 Å². The molecule has 0 aromatic heterocycles. The Labute approximate surface area is 225 Å². The summed E-state index contributed by atoms with van der Waals surface area (Å²) in [5.41, 5.74) is 3.74. The van der Waals surface area contributed by atoms with Crippen LogP contribution in [0.1, 0.15) is 36.8 Å². The lowest BCUT2D eigenvalue weighted by Crippen LogP contribution is -2.40. The van der Waals surface area contributed by atoms with E-state index in [1.807, 2.05) is 6.08 Å². The summed E-state index contributed by atoms with van der Waals surface area (Å²) in [6.45, 7) is 3.38. The van der Waals surface area contributed by atoms with Gasteiger partial charge in [-0.1, -0.05) is 35.9 Å². The molecule has 0 bridgehead atoms. The van der Waals surface area contributed by atoms with Crippen molar-refractivity contribution in [2.45, 2.75) is 32.6 Å². The highest BCUT2D eigenvalue weighted by Gasteiger charge is 2.56. The van der Waals surface area contributed by atoms with Crippen LogP contribution in [0.15, 0.2) is 76.9 Å². The smallest absolute Gasteiger partial charge is 0.488 e. The number of rotatable bonds is 3. The Kier molecular flexibility index (Phi) is 5.82. The van der Waals surface area contributed by atoms with Gasteiger partial charge in [0.15, 0.2) is 11.6 Å². The van der Waals surface area contributed by atoms with Crippen LogP contribution in [0.25, 0.3) is 0 Å². The summed E-state index contributed by atoms with van der Waals surface area (Å²) >= 11 is 0. The van der Waals surface area contributed by atoms with Gasteiger partial charge in [0.05, 0.1) is 17.5 Å². The number of aryl methyl sites for hydroxylation is 1. The Hall–Kier alpha value is -4.08. The van der Waals surface area contributed by atoms with Gasteiger partial charge in [-0.05, 0) is 73.5 Å². The summed E-state index contributed by atoms with van der Waals surface area (Å²) in [6, 6.07) is 11.1. The number of phenolic OH excluding ortho intramolecular Hbond substituents is 1. The molecular weight excluding hydrogens is 497 g/mol. The lowest BCUT2D eigenvalue weighted by Gasteiger charge is -2.42. The number of allylic oxidation sites excluding steroid dienone is 6. The Morgan fingerprint density at radius 1 is 0.949 bits per heavy atom. The molecule has 8 nitrogen and oxygen atoms in total. The van der Waals surface area contributed by atoms with Crippen LogP contribution < -0.4 is 10.4 Å². The number of hydrogen-bond acceptors (Lipinski definition) is 7. The van der Waals surface area contributed by atoms with E-state index in [4.69, 9.17) is 0 Å². The lowest BCUT2D eigenvalue weighted by molar-refractivity contribution is -0.123. The van der Waals surface area contributed by atoms with Gasteiger partial charge in [0.25, 0.3) is 0 Å². The molecule has 0 spiro atoms. The number of Topliss-reactive ketones (excluding diaryl/α,β-unsaturated/α-hetero) is 1. The van der Waals surface area contributed by atoms with Crippen LogP contribution >= 0.6 is 0 Å². The van der Waals surface area contributed by atoms with Crippen molar-refractivity contribution in [3.63, 3.8) is 0 Å². The Morgan fingerprint density at radius 2 is 1.72 bits per heavy atom. The number of anilines is 1. The van der Waals surface area contributed by atoms with Gasteiger partial charge in [-0.25, -0.2) is 0 Å². The molecule has 1 fully saturated rings. The SMILES string of the molecule is CC1=CC(=O)C2=C(C1=O)[C@@H](c1ccc(O)c(C)c1)C1=CC[C@@H]3C(=O)N(c4cccc(B(O)O)c4)C(=O)[C@@H]3[C@@H]1C2. The maximum Gasteiger partial charge on any atom is 0.488 e. The Morgan fingerprint density at radius 3 is 2.44 bits per heavy atom. The molecular formula is C30H26BNO7. The van der Waals surface area contributed by atoms with E-state index in [9.17, 15) is 34.3 Å². The molecule has 0 radical (unpaired) electrons. The van der Waals surface area contributed by atoms with Crippen molar-refractivity contribution in [3.05, 3.63) is 88.0 Å². The maximum absolute atomic E-state index is 13.9. The summed E-state index contributed by atoms with van der Waals surface area (Å²) < 4.78 is 0. The summed E-state index contributed by atoms with van der Waals surface area (Å²) in [7, 11) is -1.75. The first-order valence-electron chi connectivity index (χ1n) is 12.9. The minimum Gasteiger partial charge on any atom is -0.508 e. The minimum atomic E-state index is -1.75. The standard InChI is InChI=1S/C30H26BNO7/c1-14-10-16(6-9-23(14)33)25-19-7-8-20-26(21(19)13-22-24(34)11-15(2)28(35)27(22)25)30(37)32(29(20)36)18-5-3-4-17(12-18)31(38)39/h3-7,9-12,20-21,25-26,33,38-39H,8,13H2,1-2H3/t20-,21+,25-,26-/m0/s1. The predicted octanol–water partition coefficient (Wildman–Crippen LogP) is 2.01. The van der Waals surface area contributed by atoms with Gasteiger partial charge in [-0.15, -0.1) is 0 Å². The molecule has 4 atom stereocenters. The number of amides is 2. The number of hydrogen-bond donors (Lipinski definition) is 3. The predicted molar refractivity (Wildman–Crippen MR) is 143 cm³/mol. The highest BCUT2D eigenvalue weighted by Crippen LogP contribution is 2.55. The van der Waals surface area contributed by atoms with Crippen LogP contribution in [-0.2, 0) is 19.2 Å². The van der Waals surface area contributed by atoms with Crippen molar-refractivity contribution in [2.75, 3.05) is 4.90 Å². The van der Waals surface area contributed by atoms with E-state index in [1.165, 1.54) is 18.2 Å². The van der Waals surface area contributed by atoms with E-state index < -0.39 is 36.7 Å². The second-order valence-electron chi connectivity index (χ2n) is 10.8. The zero-order chi connectivity index (χ0) is 27.7. The summed E-state index contributed by atoms with van der Waals surface area (Å²) in [6.07, 6.45) is 3.75. The third-order valence-electron chi connectivity index (χ3n) is 8.55. The number of nitrogens with zero attached hydrogens (tertiary/aromatic N) is 1. The summed E-state index contributed by atoms with van der Waals surface area (Å²) in [5.74, 6) is -3.56. The maximum atomic E-state index is 13.9. The Bertz CT molecular complexity index is 1580. The van der Waals surface area contributed by atoms with Crippen molar-refractivity contribution in [3.8, 4) is 5.75 Å². The van der Waals surface area contributed by atoms with Gasteiger partial charge < -0.3 is 15.2 Å². The molecule has 1 aliphatic heterocycles. The topological polar surface area (TPSA) is 132 Å². The van der Waals surface area contributed by atoms with Gasteiger partial charge >= 0.3 is 7.12 Å². The van der Waals surface area contributed by atoms with Crippen LogP contribution in [-0.4, -0.2) is 45.7 Å². The van der Waals surface area contributed by atoms with Gasteiger partial charge in [0, 0.05) is 22.6 Å². The normalized spacial score (nSPS) is 26.2. The fourth-order valence-electron chi connectivity index (χ4n) is 6.68. The fraction of sp³-hybridized carbons (Fsp3) is 0.267. The number of aromatic hydroxyl groups is 1. The summed E-state index contributed by atoms with van der Waals surface area (Å²) in [4.78, 5) is 55.3. The number of benzene rings is 2. The third-order valence-corrected chi connectivity index (χ3v) is 8.55. The fourth-order valence-corrected chi connectivity index (χ4v) is 6.68. The zero-order valence-corrected chi connectivity index (χ0v) is 21.4. The van der Waals surface area contributed by atoms with Gasteiger partial charge in [0.2, 0.25) is 11.8 Å². The van der Waals surface area contributed by atoms with Crippen molar-refractivity contribution >= 4 is 41.6 Å². The second kappa shape index (κ2) is 9.00. The number of ketones is 2.